The van der Waals surface area contributed by atoms with Crippen LogP contribution in [0.3, 0.4) is 0 Å². The van der Waals surface area contributed by atoms with E-state index in [1.165, 1.54) is 22.6 Å². The van der Waals surface area contributed by atoms with E-state index >= 15 is 0 Å². The molecule has 2 heterocycles. The summed E-state index contributed by atoms with van der Waals surface area (Å²) < 4.78 is 6.88. The van der Waals surface area contributed by atoms with Crippen LogP contribution in [0.1, 0.15) is 6.92 Å². The summed E-state index contributed by atoms with van der Waals surface area (Å²) in [6, 6.07) is 10.7. The third-order valence-corrected chi connectivity index (χ3v) is 4.64. The Morgan fingerprint density at radius 2 is 2.12 bits per heavy atom. The van der Waals surface area contributed by atoms with E-state index in [0.717, 1.165) is 0 Å². The zero-order valence-corrected chi connectivity index (χ0v) is 15.5. The lowest BCUT2D eigenvalue weighted by molar-refractivity contribution is -0.115. The van der Waals surface area contributed by atoms with Gasteiger partial charge in [0.2, 0.25) is 11.1 Å². The molecule has 3 aromatic rings. The van der Waals surface area contributed by atoms with E-state index < -0.39 is 5.25 Å². The second-order valence-electron chi connectivity index (χ2n) is 5.16. The molecule has 0 spiro atoms. The molecule has 1 aromatic carbocycles. The first-order chi connectivity index (χ1) is 12.6. The molecule has 0 aliphatic carbocycles. The van der Waals surface area contributed by atoms with Gasteiger partial charge in [-0.15, -0.1) is 5.10 Å². The number of rotatable bonds is 6. The van der Waals surface area contributed by atoms with Crippen LogP contribution in [0.5, 0.6) is 5.75 Å². The molecule has 0 aliphatic rings. The largest absolute Gasteiger partial charge is 0.494 e. The second-order valence-corrected chi connectivity index (χ2v) is 6.90. The molecule has 0 aliphatic heterocycles. The van der Waals surface area contributed by atoms with Crippen LogP contribution in [-0.2, 0) is 4.79 Å². The number of halogens is 1. The van der Waals surface area contributed by atoms with E-state index in [-0.39, 0.29) is 5.91 Å². The molecule has 26 heavy (non-hydrogen) atoms. The van der Waals surface area contributed by atoms with Crippen molar-refractivity contribution >= 4 is 35.1 Å². The highest BCUT2D eigenvalue weighted by atomic mass is 35.5. The van der Waals surface area contributed by atoms with Crippen molar-refractivity contribution < 1.29 is 9.53 Å². The Hall–Kier alpha value is -2.65. The first-order valence-electron chi connectivity index (χ1n) is 7.59. The zero-order valence-electron chi connectivity index (χ0n) is 14.0. The van der Waals surface area contributed by atoms with Crippen molar-refractivity contribution in [3.63, 3.8) is 0 Å². The Bertz CT molecular complexity index is 902. The summed E-state index contributed by atoms with van der Waals surface area (Å²) in [5.41, 5.74) is 0.689. The number of benzene rings is 1. The molecule has 1 N–H and O–H groups in total. The number of thioether (sulfide) groups is 1. The number of hydrogen-bond acceptors (Lipinski definition) is 7. The highest BCUT2D eigenvalue weighted by Gasteiger charge is 2.20. The van der Waals surface area contributed by atoms with E-state index in [0.29, 0.717) is 27.4 Å². The van der Waals surface area contributed by atoms with Crippen molar-refractivity contribution in [2.75, 3.05) is 12.4 Å². The molecule has 0 bridgehead atoms. The Kier molecular flexibility index (Phi) is 5.69. The van der Waals surface area contributed by atoms with Crippen LogP contribution in [0.2, 0.25) is 5.02 Å². The van der Waals surface area contributed by atoms with Crippen LogP contribution >= 0.6 is 23.4 Å². The van der Waals surface area contributed by atoms with Crippen LogP contribution in [-0.4, -0.2) is 43.5 Å². The Balaban J connectivity index is 1.74. The van der Waals surface area contributed by atoms with Crippen LogP contribution < -0.4 is 10.1 Å². The normalized spacial score (nSPS) is 11.8. The molecular weight excluding hydrogens is 376 g/mol. The maximum absolute atomic E-state index is 12.4. The predicted molar refractivity (Wildman–Crippen MR) is 98.9 cm³/mol. The fourth-order valence-corrected chi connectivity index (χ4v) is 3.01. The van der Waals surface area contributed by atoms with Gasteiger partial charge >= 0.3 is 0 Å². The fourth-order valence-electron chi connectivity index (χ4n) is 2.10. The highest BCUT2D eigenvalue weighted by Crippen LogP contribution is 2.28. The fraction of sp³-hybridized carbons (Fsp3) is 0.188. The molecule has 8 nitrogen and oxygen atoms in total. The molecule has 1 atom stereocenters. The summed E-state index contributed by atoms with van der Waals surface area (Å²) in [6.07, 6.45) is 1.47. The Morgan fingerprint density at radius 3 is 2.85 bits per heavy atom. The number of anilines is 1. The minimum absolute atomic E-state index is 0.223. The molecule has 2 aromatic heterocycles. The number of nitrogens with zero attached hydrogens (tertiary/aromatic N) is 5. The molecule has 0 radical (unpaired) electrons. The standard InChI is InChI=1S/C16H15ClN6O2S/c1-10(15(24)19-14-8-7-11(17)9-18-14)26-16-20-21-22-23(16)12-5-3-4-6-13(12)25-2/h3-10H,1-2H3,(H,18,19,24)/t10-/m1/s1. The van der Waals surface area contributed by atoms with Crippen LogP contribution in [0.4, 0.5) is 5.82 Å². The van der Waals surface area contributed by atoms with E-state index in [9.17, 15) is 4.79 Å². The predicted octanol–water partition coefficient (Wildman–Crippen LogP) is 2.84. The van der Waals surface area contributed by atoms with Crippen LogP contribution in [0.25, 0.3) is 5.69 Å². The molecule has 134 valence electrons. The number of aromatic nitrogens is 5. The summed E-state index contributed by atoms with van der Waals surface area (Å²) in [5.74, 6) is 0.833. The number of nitrogens with one attached hydrogen (secondary N) is 1. The van der Waals surface area contributed by atoms with Gasteiger partial charge in [-0.05, 0) is 41.6 Å². The molecule has 10 heteroatoms. The van der Waals surface area contributed by atoms with Crippen molar-refractivity contribution in [3.05, 3.63) is 47.6 Å². The number of pyridine rings is 1. The van der Waals surface area contributed by atoms with Gasteiger partial charge in [0, 0.05) is 6.20 Å². The van der Waals surface area contributed by atoms with Crippen LogP contribution in [0.15, 0.2) is 47.8 Å². The van der Waals surface area contributed by atoms with E-state index in [1.54, 1.807) is 26.2 Å². The lowest BCUT2D eigenvalue weighted by atomic mass is 10.3. The number of ether oxygens (including phenoxy) is 1. The van der Waals surface area contributed by atoms with Crippen molar-refractivity contribution in [1.29, 1.82) is 0 Å². The first-order valence-corrected chi connectivity index (χ1v) is 8.85. The Morgan fingerprint density at radius 1 is 1.31 bits per heavy atom. The maximum Gasteiger partial charge on any atom is 0.238 e. The maximum atomic E-state index is 12.4. The molecule has 1 amide bonds. The van der Waals surface area contributed by atoms with Crippen molar-refractivity contribution in [2.24, 2.45) is 0 Å². The van der Waals surface area contributed by atoms with E-state index in [1.807, 2.05) is 24.3 Å². The molecule has 0 fully saturated rings. The van der Waals surface area contributed by atoms with Gasteiger partial charge in [0.05, 0.1) is 17.4 Å². The number of hydrogen-bond donors (Lipinski definition) is 1. The summed E-state index contributed by atoms with van der Waals surface area (Å²) in [4.78, 5) is 16.4. The zero-order chi connectivity index (χ0) is 18.5. The van der Waals surface area contributed by atoms with Gasteiger partial charge in [0.25, 0.3) is 0 Å². The summed E-state index contributed by atoms with van der Waals surface area (Å²) in [7, 11) is 1.57. The summed E-state index contributed by atoms with van der Waals surface area (Å²) >= 11 is 7.02. The molecular formula is C16H15ClN6O2S. The smallest absolute Gasteiger partial charge is 0.238 e. The van der Waals surface area contributed by atoms with Gasteiger partial charge in [0.1, 0.15) is 17.3 Å². The molecule has 0 unspecified atom stereocenters. The first kappa shape index (κ1) is 18.2. The minimum atomic E-state index is -0.452. The van der Waals surface area contributed by atoms with E-state index in [2.05, 4.69) is 25.8 Å². The van der Waals surface area contributed by atoms with Crippen molar-refractivity contribution in [1.82, 2.24) is 25.2 Å². The van der Waals surface area contributed by atoms with Gasteiger partial charge in [-0.25, -0.2) is 4.98 Å². The third kappa shape index (κ3) is 4.12. The number of tetrazole rings is 1. The van der Waals surface area contributed by atoms with Crippen molar-refractivity contribution in [3.8, 4) is 11.4 Å². The number of para-hydroxylation sites is 2. The van der Waals surface area contributed by atoms with Gasteiger partial charge in [-0.1, -0.05) is 35.5 Å². The lowest BCUT2D eigenvalue weighted by Crippen LogP contribution is -2.23. The topological polar surface area (TPSA) is 94.8 Å². The quantitative estimate of drug-likeness (QED) is 0.646. The SMILES string of the molecule is COc1ccccc1-n1nnnc1S[C@H](C)C(=O)Nc1ccc(Cl)cn1. The minimum Gasteiger partial charge on any atom is -0.494 e. The highest BCUT2D eigenvalue weighted by molar-refractivity contribution is 8.00. The summed E-state index contributed by atoms with van der Waals surface area (Å²) in [6.45, 7) is 1.76. The molecule has 0 saturated carbocycles. The monoisotopic (exact) mass is 390 g/mol. The van der Waals surface area contributed by atoms with Crippen molar-refractivity contribution in [2.45, 2.75) is 17.3 Å². The third-order valence-electron chi connectivity index (χ3n) is 3.38. The van der Waals surface area contributed by atoms with Gasteiger partial charge in [0.15, 0.2) is 0 Å². The van der Waals surface area contributed by atoms with Gasteiger partial charge < -0.3 is 10.1 Å². The van der Waals surface area contributed by atoms with Gasteiger partial charge in [-0.2, -0.15) is 4.68 Å². The Labute approximate surface area is 158 Å². The lowest BCUT2D eigenvalue weighted by Gasteiger charge is -2.12. The number of amides is 1. The number of methoxy groups -OCH3 is 1. The average Bonchev–Trinajstić information content (AvgIpc) is 3.11. The van der Waals surface area contributed by atoms with E-state index in [4.69, 9.17) is 16.3 Å². The number of carbonyl (C=O) groups is 1. The van der Waals surface area contributed by atoms with Crippen LogP contribution in [0, 0.1) is 0 Å². The van der Waals surface area contributed by atoms with Gasteiger partial charge in [-0.3, -0.25) is 4.79 Å². The molecule has 3 rings (SSSR count). The molecule has 0 saturated heterocycles. The second kappa shape index (κ2) is 8.15. The number of carbonyl (C=O) groups excluding carboxylic acids is 1. The average molecular weight is 391 g/mol. The summed E-state index contributed by atoms with van der Waals surface area (Å²) in [5, 5.41) is 15.0.